The average molecular weight is 455 g/mol. The van der Waals surface area contributed by atoms with Gasteiger partial charge in [0.15, 0.2) is 0 Å². The van der Waals surface area contributed by atoms with E-state index in [-0.39, 0.29) is 6.04 Å². The van der Waals surface area contributed by atoms with Crippen molar-refractivity contribution >= 4 is 11.3 Å². The van der Waals surface area contributed by atoms with E-state index >= 15 is 0 Å². The molecule has 1 aliphatic carbocycles. The third-order valence-electron chi connectivity index (χ3n) is 6.54. The highest BCUT2D eigenvalue weighted by molar-refractivity contribution is 5.97. The molecule has 0 fully saturated rings. The number of benzene rings is 3. The predicted molar refractivity (Wildman–Crippen MR) is 148 cm³/mol. The number of aromatic nitrogens is 1. The van der Waals surface area contributed by atoms with Crippen LogP contribution < -0.4 is 0 Å². The zero-order valence-corrected chi connectivity index (χ0v) is 20.4. The van der Waals surface area contributed by atoms with E-state index in [1.165, 1.54) is 33.4 Å². The normalized spacial score (nSPS) is 14.5. The summed E-state index contributed by atoms with van der Waals surface area (Å²) in [5.74, 6) is 0. The number of hydrogen-bond donors (Lipinski definition) is 0. The molecule has 172 valence electrons. The Labute approximate surface area is 208 Å². The summed E-state index contributed by atoms with van der Waals surface area (Å²) in [5.41, 5.74) is 10.3. The lowest BCUT2D eigenvalue weighted by Gasteiger charge is -2.23. The molecule has 1 unspecified atom stereocenters. The van der Waals surface area contributed by atoms with E-state index in [2.05, 4.69) is 110 Å². The molecule has 1 heterocycles. The Balaban J connectivity index is 1.72. The van der Waals surface area contributed by atoms with E-state index < -0.39 is 0 Å². The van der Waals surface area contributed by atoms with Crippen LogP contribution in [0.4, 0.5) is 0 Å². The van der Waals surface area contributed by atoms with Gasteiger partial charge in [0.2, 0.25) is 0 Å². The van der Waals surface area contributed by atoms with Gasteiger partial charge in [-0.15, -0.1) is 0 Å². The van der Waals surface area contributed by atoms with Crippen LogP contribution in [-0.4, -0.2) is 10.7 Å². The largest absolute Gasteiger partial charge is 0.275 e. The number of hydrogen-bond acceptors (Lipinski definition) is 2. The zero-order chi connectivity index (χ0) is 24.0. The summed E-state index contributed by atoms with van der Waals surface area (Å²) in [6.07, 6.45) is 8.78. The predicted octanol–water partition coefficient (Wildman–Crippen LogP) is 8.39. The number of allylic oxidation sites excluding steroid dienone is 4. The molecule has 1 aliphatic rings. The van der Waals surface area contributed by atoms with E-state index in [9.17, 15) is 0 Å². The van der Waals surface area contributed by atoms with Crippen LogP contribution in [0.25, 0.3) is 16.7 Å². The van der Waals surface area contributed by atoms with Gasteiger partial charge in [0, 0.05) is 5.69 Å². The highest BCUT2D eigenvalue weighted by Crippen LogP contribution is 2.39. The van der Waals surface area contributed by atoms with Crippen molar-refractivity contribution in [2.45, 2.75) is 32.7 Å². The molecule has 0 radical (unpaired) electrons. The summed E-state index contributed by atoms with van der Waals surface area (Å²) in [6, 6.07) is 34.0. The molecule has 0 bridgehead atoms. The molecule has 0 saturated heterocycles. The Hall–Kier alpha value is -4.04. The molecule has 0 aliphatic heterocycles. The first-order valence-corrected chi connectivity index (χ1v) is 12.3. The standard InChI is InChI=1S/C33H30N2/c1-24-14-13-23-32(34-24)25(2)35-33(30-21-11-9-19-28(30)26-15-5-3-6-16-26)31-22-12-10-20-29(31)27-17-7-4-8-18-27/h3-7,9-17,19-23,33H,8,18H2,1-2H3. The summed E-state index contributed by atoms with van der Waals surface area (Å²) < 4.78 is 0. The molecule has 0 amide bonds. The van der Waals surface area contributed by atoms with Crippen LogP contribution in [0.3, 0.4) is 0 Å². The molecular formula is C33H30N2. The van der Waals surface area contributed by atoms with Crippen LogP contribution in [0, 0.1) is 6.92 Å². The minimum Gasteiger partial charge on any atom is -0.275 e. The fourth-order valence-corrected chi connectivity index (χ4v) is 4.78. The Morgan fingerprint density at radius 1 is 0.771 bits per heavy atom. The first kappa shape index (κ1) is 22.7. The number of nitrogens with zero attached hydrogens (tertiary/aromatic N) is 2. The molecule has 0 N–H and O–H groups in total. The van der Waals surface area contributed by atoms with E-state index in [1.807, 2.05) is 19.1 Å². The van der Waals surface area contributed by atoms with Crippen molar-refractivity contribution in [2.24, 2.45) is 4.99 Å². The Kier molecular flexibility index (Phi) is 6.81. The SMILES string of the molecule is CC(=NC(c1ccccc1C1=CC=CCC1)c1ccccc1-c1ccccc1)c1cccc(C)n1. The molecule has 3 aromatic carbocycles. The first-order chi connectivity index (χ1) is 17.2. The van der Waals surface area contributed by atoms with Gasteiger partial charge in [-0.3, -0.25) is 9.98 Å². The van der Waals surface area contributed by atoms with Crippen molar-refractivity contribution in [3.63, 3.8) is 0 Å². The van der Waals surface area contributed by atoms with Crippen molar-refractivity contribution in [3.8, 4) is 11.1 Å². The number of pyridine rings is 1. The second-order valence-corrected chi connectivity index (χ2v) is 8.98. The van der Waals surface area contributed by atoms with Gasteiger partial charge in [0.1, 0.15) is 6.04 Å². The van der Waals surface area contributed by atoms with Gasteiger partial charge in [-0.1, -0.05) is 103 Å². The topological polar surface area (TPSA) is 25.2 Å². The molecule has 1 aromatic heterocycles. The van der Waals surface area contributed by atoms with Crippen LogP contribution in [0.2, 0.25) is 0 Å². The fourth-order valence-electron chi connectivity index (χ4n) is 4.78. The molecule has 2 heteroatoms. The molecule has 1 atom stereocenters. The number of rotatable bonds is 6. The van der Waals surface area contributed by atoms with Crippen LogP contribution >= 0.6 is 0 Å². The number of aryl methyl sites for hydroxylation is 1. The first-order valence-electron chi connectivity index (χ1n) is 12.3. The summed E-state index contributed by atoms with van der Waals surface area (Å²) >= 11 is 0. The summed E-state index contributed by atoms with van der Waals surface area (Å²) in [6.45, 7) is 4.10. The molecule has 0 saturated carbocycles. The van der Waals surface area contributed by atoms with Gasteiger partial charge in [0.05, 0.1) is 11.4 Å². The van der Waals surface area contributed by atoms with Gasteiger partial charge in [-0.25, -0.2) is 0 Å². The second-order valence-electron chi connectivity index (χ2n) is 8.98. The van der Waals surface area contributed by atoms with E-state index in [0.717, 1.165) is 29.9 Å². The van der Waals surface area contributed by atoms with Crippen molar-refractivity contribution < 1.29 is 0 Å². The summed E-state index contributed by atoms with van der Waals surface area (Å²) in [5, 5.41) is 0. The minimum atomic E-state index is -0.156. The Morgan fingerprint density at radius 2 is 1.46 bits per heavy atom. The maximum atomic E-state index is 5.38. The van der Waals surface area contributed by atoms with Crippen molar-refractivity contribution in [3.05, 3.63) is 143 Å². The van der Waals surface area contributed by atoms with Crippen LogP contribution in [0.15, 0.2) is 120 Å². The van der Waals surface area contributed by atoms with Gasteiger partial charge >= 0.3 is 0 Å². The quantitative estimate of drug-likeness (QED) is 0.269. The number of aliphatic imine (C=N–C) groups is 1. The molecular weight excluding hydrogens is 424 g/mol. The summed E-state index contributed by atoms with van der Waals surface area (Å²) in [4.78, 5) is 10.1. The van der Waals surface area contributed by atoms with Gasteiger partial charge < -0.3 is 0 Å². The van der Waals surface area contributed by atoms with Crippen LogP contribution in [0.5, 0.6) is 0 Å². The highest BCUT2D eigenvalue weighted by Gasteiger charge is 2.22. The Morgan fingerprint density at radius 3 is 2.17 bits per heavy atom. The lowest BCUT2D eigenvalue weighted by Crippen LogP contribution is -2.09. The minimum absolute atomic E-state index is 0.156. The maximum absolute atomic E-state index is 5.38. The van der Waals surface area contributed by atoms with Crippen molar-refractivity contribution in [1.29, 1.82) is 0 Å². The monoisotopic (exact) mass is 454 g/mol. The van der Waals surface area contributed by atoms with E-state index in [0.29, 0.717) is 0 Å². The lowest BCUT2D eigenvalue weighted by atomic mass is 9.85. The molecule has 4 aromatic rings. The van der Waals surface area contributed by atoms with Crippen molar-refractivity contribution in [1.82, 2.24) is 4.98 Å². The third kappa shape index (κ3) is 5.07. The lowest BCUT2D eigenvalue weighted by molar-refractivity contribution is 0.865. The van der Waals surface area contributed by atoms with Crippen molar-refractivity contribution in [2.75, 3.05) is 0 Å². The van der Waals surface area contributed by atoms with E-state index in [1.54, 1.807) is 0 Å². The van der Waals surface area contributed by atoms with Crippen LogP contribution in [-0.2, 0) is 0 Å². The van der Waals surface area contributed by atoms with Gasteiger partial charge in [-0.2, -0.15) is 0 Å². The highest BCUT2D eigenvalue weighted by atomic mass is 14.8. The average Bonchev–Trinajstić information content (AvgIpc) is 2.93. The summed E-state index contributed by atoms with van der Waals surface area (Å²) in [7, 11) is 0. The third-order valence-corrected chi connectivity index (χ3v) is 6.54. The molecule has 35 heavy (non-hydrogen) atoms. The molecule has 2 nitrogen and oxygen atoms in total. The Bertz CT molecular complexity index is 1410. The van der Waals surface area contributed by atoms with Gasteiger partial charge in [-0.05, 0) is 72.2 Å². The second kappa shape index (κ2) is 10.5. The maximum Gasteiger partial charge on any atom is 0.101 e. The fraction of sp³-hybridized carbons (Fsp3) is 0.152. The van der Waals surface area contributed by atoms with Gasteiger partial charge in [0.25, 0.3) is 0 Å². The van der Waals surface area contributed by atoms with E-state index in [4.69, 9.17) is 9.98 Å². The van der Waals surface area contributed by atoms with Crippen LogP contribution in [0.1, 0.15) is 53.9 Å². The molecule has 0 spiro atoms. The zero-order valence-electron chi connectivity index (χ0n) is 20.4. The smallest absolute Gasteiger partial charge is 0.101 e. The molecule has 5 rings (SSSR count).